The molecular weight excluding hydrogens is 482 g/mol. The molecule has 1 aliphatic carbocycles. The van der Waals surface area contributed by atoms with Gasteiger partial charge in [-0.3, -0.25) is 19.7 Å². The van der Waals surface area contributed by atoms with Gasteiger partial charge in [0, 0.05) is 79.6 Å². The Hall–Kier alpha value is -4.14. The van der Waals surface area contributed by atoms with Crippen LogP contribution in [-0.4, -0.2) is 51.0 Å². The van der Waals surface area contributed by atoms with Gasteiger partial charge in [-0.15, -0.1) is 0 Å². The fourth-order valence-corrected chi connectivity index (χ4v) is 6.22. The quantitative estimate of drug-likeness (QED) is 0.287. The zero-order chi connectivity index (χ0) is 26.4. The zero-order valence-electron chi connectivity index (χ0n) is 21.5. The number of para-hydroxylation sites is 1. The lowest BCUT2D eigenvalue weighted by atomic mass is 9.94. The van der Waals surface area contributed by atoms with E-state index < -0.39 is 4.92 Å². The van der Waals surface area contributed by atoms with E-state index >= 15 is 0 Å². The third kappa shape index (κ3) is 4.02. The number of carbonyl (C=O) groups is 1. The molecule has 9 heteroatoms. The second kappa shape index (κ2) is 9.63. The predicted molar refractivity (Wildman–Crippen MR) is 148 cm³/mol. The van der Waals surface area contributed by atoms with Gasteiger partial charge in [0.15, 0.2) is 0 Å². The van der Waals surface area contributed by atoms with Crippen molar-refractivity contribution >= 4 is 39.1 Å². The number of anilines is 1. The van der Waals surface area contributed by atoms with Gasteiger partial charge in [-0.1, -0.05) is 37.5 Å². The Kier molecular flexibility index (Phi) is 6.13. The van der Waals surface area contributed by atoms with Crippen LogP contribution in [0.3, 0.4) is 0 Å². The number of fused-ring (bicyclic) bond motifs is 3. The number of carbonyl (C=O) groups excluding carboxylic acids is 1. The predicted octanol–water partition coefficient (Wildman–Crippen LogP) is 4.87. The van der Waals surface area contributed by atoms with E-state index in [0.29, 0.717) is 37.3 Å². The van der Waals surface area contributed by atoms with Crippen molar-refractivity contribution in [3.05, 3.63) is 80.8 Å². The zero-order valence-corrected chi connectivity index (χ0v) is 21.5. The first-order chi connectivity index (χ1) is 18.4. The topological polar surface area (TPSA) is 93.6 Å². The molecule has 196 valence electrons. The molecule has 0 bridgehead atoms. The number of hydrogen-bond acceptors (Lipinski definition) is 5. The average molecular weight is 514 g/mol. The normalized spacial score (nSPS) is 16.9. The van der Waals surface area contributed by atoms with Crippen molar-refractivity contribution in [3.8, 4) is 0 Å². The molecule has 2 fully saturated rings. The molecule has 1 saturated carbocycles. The van der Waals surface area contributed by atoms with Crippen LogP contribution >= 0.6 is 0 Å². The molecule has 9 nitrogen and oxygen atoms in total. The van der Waals surface area contributed by atoms with E-state index in [1.54, 1.807) is 12.1 Å². The fraction of sp³-hybridized carbons (Fsp3) is 0.379. The van der Waals surface area contributed by atoms with Crippen molar-refractivity contribution < 1.29 is 9.72 Å². The fourth-order valence-electron chi connectivity index (χ4n) is 6.22. The summed E-state index contributed by atoms with van der Waals surface area (Å²) >= 11 is 0. The van der Waals surface area contributed by atoms with Crippen molar-refractivity contribution in [2.24, 2.45) is 7.05 Å². The smallest absolute Gasteiger partial charge is 0.275 e. The Morgan fingerprint density at radius 2 is 1.63 bits per heavy atom. The Labute approximate surface area is 220 Å². The van der Waals surface area contributed by atoms with Crippen LogP contribution in [0.4, 0.5) is 11.4 Å². The number of amides is 1. The summed E-state index contributed by atoms with van der Waals surface area (Å²) in [5.74, 6) is -0.0562. The maximum Gasteiger partial charge on any atom is 0.275 e. The molecule has 1 aliphatic heterocycles. The molecule has 4 aromatic rings. The number of aryl methyl sites for hydroxylation is 1. The molecule has 2 aromatic carbocycles. The number of non-ortho nitro benzene ring substituents is 1. The highest BCUT2D eigenvalue weighted by molar-refractivity contribution is 6.17. The van der Waals surface area contributed by atoms with Crippen LogP contribution < -0.4 is 10.5 Å². The van der Waals surface area contributed by atoms with E-state index in [0.717, 1.165) is 47.7 Å². The van der Waals surface area contributed by atoms with Crippen molar-refractivity contribution in [2.45, 2.75) is 38.1 Å². The number of rotatable bonds is 4. The second-order valence-corrected chi connectivity index (χ2v) is 10.4. The first kappa shape index (κ1) is 24.2. The number of aromatic nitrogens is 2. The van der Waals surface area contributed by atoms with E-state index in [2.05, 4.69) is 4.90 Å². The van der Waals surface area contributed by atoms with Gasteiger partial charge in [0.2, 0.25) is 0 Å². The van der Waals surface area contributed by atoms with Crippen LogP contribution in [0, 0.1) is 10.1 Å². The lowest BCUT2D eigenvalue weighted by molar-refractivity contribution is -0.384. The van der Waals surface area contributed by atoms with Gasteiger partial charge in [0.25, 0.3) is 17.2 Å². The average Bonchev–Trinajstić information content (AvgIpc) is 3.26. The van der Waals surface area contributed by atoms with Gasteiger partial charge in [0.05, 0.1) is 10.5 Å². The van der Waals surface area contributed by atoms with Crippen molar-refractivity contribution in [3.63, 3.8) is 0 Å². The van der Waals surface area contributed by atoms with Gasteiger partial charge in [-0.2, -0.15) is 0 Å². The number of piperazine rings is 1. The summed E-state index contributed by atoms with van der Waals surface area (Å²) in [6, 6.07) is 14.6. The van der Waals surface area contributed by atoms with Gasteiger partial charge in [-0.05, 0) is 31.0 Å². The Morgan fingerprint density at radius 1 is 0.947 bits per heavy atom. The lowest BCUT2D eigenvalue weighted by Crippen LogP contribution is -2.49. The van der Waals surface area contributed by atoms with Gasteiger partial charge < -0.3 is 18.9 Å². The summed E-state index contributed by atoms with van der Waals surface area (Å²) in [5.41, 5.74) is 3.07. The highest BCUT2D eigenvalue weighted by Crippen LogP contribution is 2.33. The van der Waals surface area contributed by atoms with Crippen LogP contribution in [0.2, 0.25) is 0 Å². The molecule has 0 atom stereocenters. The van der Waals surface area contributed by atoms with Crippen molar-refractivity contribution in [1.29, 1.82) is 0 Å². The van der Waals surface area contributed by atoms with Crippen LogP contribution in [0.15, 0.2) is 59.5 Å². The number of pyridine rings is 1. The first-order valence-electron chi connectivity index (χ1n) is 13.3. The molecule has 0 unspecified atom stereocenters. The molecule has 1 saturated heterocycles. The van der Waals surface area contributed by atoms with Gasteiger partial charge in [0.1, 0.15) is 5.52 Å². The summed E-state index contributed by atoms with van der Waals surface area (Å²) in [5, 5.41) is 12.6. The molecule has 6 rings (SSSR count). The maximum absolute atomic E-state index is 14.1. The van der Waals surface area contributed by atoms with E-state index in [1.807, 2.05) is 51.5 Å². The van der Waals surface area contributed by atoms with Gasteiger partial charge >= 0.3 is 0 Å². The van der Waals surface area contributed by atoms with Crippen LogP contribution in [-0.2, 0) is 7.05 Å². The summed E-state index contributed by atoms with van der Waals surface area (Å²) < 4.78 is 3.77. The summed E-state index contributed by atoms with van der Waals surface area (Å²) in [4.78, 5) is 42.5. The summed E-state index contributed by atoms with van der Waals surface area (Å²) in [6.45, 7) is 2.32. The molecule has 0 radical (unpaired) electrons. The minimum Gasteiger partial charge on any atom is -0.368 e. The molecule has 2 aliphatic rings. The molecule has 3 heterocycles. The van der Waals surface area contributed by atoms with Crippen LogP contribution in [0.1, 0.15) is 48.5 Å². The van der Waals surface area contributed by atoms with Crippen LogP contribution in [0.5, 0.6) is 0 Å². The SMILES string of the molecule is Cn1c2ccccc2c2c(C(=O)N3CCN(c4ccc([N+](=O)[O-])cc4)CC3)cn(C3CCCCC3)c(=O)c21. The minimum absolute atomic E-state index is 0.0230. The summed E-state index contributed by atoms with van der Waals surface area (Å²) in [6.07, 6.45) is 7.12. The standard InChI is InChI=1S/C29H31N5O4/c1-30-25-10-6-5-9-23(25)26-24(19-33(29(36)27(26)30)21-7-3-2-4-8-21)28(35)32-17-15-31(16-18-32)20-11-13-22(14-12-20)34(37)38/h5-6,9-14,19,21H,2-4,7-8,15-18H2,1H3. The third-order valence-electron chi connectivity index (χ3n) is 8.27. The Bertz CT molecular complexity index is 1590. The molecule has 0 N–H and O–H groups in total. The Morgan fingerprint density at radius 3 is 2.32 bits per heavy atom. The van der Waals surface area contributed by atoms with Crippen molar-refractivity contribution in [1.82, 2.24) is 14.0 Å². The largest absolute Gasteiger partial charge is 0.368 e. The minimum atomic E-state index is -0.402. The molecule has 0 spiro atoms. The van der Waals surface area contributed by atoms with E-state index in [1.165, 1.54) is 18.6 Å². The van der Waals surface area contributed by atoms with E-state index in [9.17, 15) is 19.7 Å². The second-order valence-electron chi connectivity index (χ2n) is 10.4. The lowest BCUT2D eigenvalue weighted by Gasteiger charge is -2.36. The molecule has 38 heavy (non-hydrogen) atoms. The van der Waals surface area contributed by atoms with Crippen molar-refractivity contribution in [2.75, 3.05) is 31.1 Å². The highest BCUT2D eigenvalue weighted by atomic mass is 16.6. The monoisotopic (exact) mass is 513 g/mol. The number of nitrogens with zero attached hydrogens (tertiary/aromatic N) is 5. The number of nitro groups is 1. The summed E-state index contributed by atoms with van der Waals surface area (Å²) in [7, 11) is 1.91. The van der Waals surface area contributed by atoms with Crippen LogP contribution in [0.25, 0.3) is 21.8 Å². The number of benzene rings is 2. The Balaban J connectivity index is 1.36. The first-order valence-corrected chi connectivity index (χ1v) is 13.3. The van der Waals surface area contributed by atoms with E-state index in [4.69, 9.17) is 0 Å². The third-order valence-corrected chi connectivity index (χ3v) is 8.27. The molecular formula is C29H31N5O4. The van der Waals surface area contributed by atoms with Gasteiger partial charge in [-0.25, -0.2) is 0 Å². The van der Waals surface area contributed by atoms with E-state index in [-0.39, 0.29) is 23.2 Å². The number of hydrogen-bond donors (Lipinski definition) is 0. The molecule has 1 amide bonds. The highest BCUT2D eigenvalue weighted by Gasteiger charge is 2.29. The maximum atomic E-state index is 14.1. The molecule has 2 aromatic heterocycles. The number of nitro benzene ring substituents is 1.